The smallest absolute Gasteiger partial charge is 0.306 e. The van der Waals surface area contributed by atoms with Gasteiger partial charge in [-0.25, -0.2) is 0 Å². The topological polar surface area (TPSA) is 76.2 Å². The van der Waals surface area contributed by atoms with Gasteiger partial charge in [-0.05, 0) is 83.8 Å². The molecule has 58 heavy (non-hydrogen) atoms. The molecule has 8 heteroatoms. The third kappa shape index (κ3) is 40.7. The summed E-state index contributed by atoms with van der Waals surface area (Å²) in [6.45, 7) is 14.7. The van der Waals surface area contributed by atoms with E-state index in [1.54, 1.807) is 17.2 Å². The number of carbonyl (C=O) groups is 3. The van der Waals surface area contributed by atoms with Crippen molar-refractivity contribution in [1.82, 2.24) is 9.80 Å². The van der Waals surface area contributed by atoms with Gasteiger partial charge in [0.1, 0.15) is 14.0 Å². The van der Waals surface area contributed by atoms with Crippen molar-refractivity contribution in [3.8, 4) is 0 Å². The van der Waals surface area contributed by atoms with E-state index in [-0.39, 0.29) is 18.0 Å². The average Bonchev–Trinajstić information content (AvgIpc) is 3.21. The van der Waals surface area contributed by atoms with Crippen LogP contribution in [0.3, 0.4) is 0 Å². The Morgan fingerprint density at radius 2 is 0.948 bits per heavy atom. The molecule has 0 aromatic rings. The van der Waals surface area contributed by atoms with Crippen LogP contribution in [0.15, 0.2) is 24.3 Å². The van der Waals surface area contributed by atoms with E-state index >= 15 is 0 Å². The molecule has 0 saturated heterocycles. The summed E-state index contributed by atoms with van der Waals surface area (Å²) < 4.78 is 11.5. The lowest BCUT2D eigenvalue weighted by Crippen LogP contribution is -2.29. The van der Waals surface area contributed by atoms with Crippen LogP contribution in [0.25, 0.3) is 0 Å². The highest BCUT2D eigenvalue weighted by atomic mass is 16.5. The minimum Gasteiger partial charge on any atom is -0.466 e. The second-order valence-electron chi connectivity index (χ2n) is 17.0. The standard InChI is InChI=1S/C50H93BN2O5/c1-5-8-11-14-17-26-33-45-57-49(55)37-29-22-18-24-31-40-52(42-34-43-53(46-54)44-39-47(4)51)41-32-25-19-23-30-38-50(56)58-48(35-27-20-15-12-9-6-2)36-28-21-16-13-10-7-3/h39,44,46,48H,4-38,40-43,45H2,1-3H3/b44-39-. The van der Waals surface area contributed by atoms with Crippen LogP contribution in [0.2, 0.25) is 0 Å². The average molecular weight is 813 g/mol. The van der Waals surface area contributed by atoms with Gasteiger partial charge in [-0.15, -0.1) is 12.1 Å². The number of nitrogens with zero attached hydrogens (tertiary/aromatic N) is 2. The molecule has 0 spiro atoms. The molecule has 0 N–H and O–H groups in total. The molecule has 0 atom stereocenters. The second-order valence-corrected chi connectivity index (χ2v) is 17.0. The van der Waals surface area contributed by atoms with Gasteiger partial charge in [0.25, 0.3) is 0 Å². The first-order valence-corrected chi connectivity index (χ1v) is 24.8. The maximum Gasteiger partial charge on any atom is 0.306 e. The molecule has 2 radical (unpaired) electrons. The minimum atomic E-state index is -0.0432. The number of esters is 2. The Labute approximate surface area is 361 Å². The lowest BCUT2D eigenvalue weighted by atomic mass is 9.98. The fraction of sp³-hybridized carbons (Fsp3) is 0.860. The van der Waals surface area contributed by atoms with E-state index in [0.717, 1.165) is 122 Å². The molecule has 0 saturated carbocycles. The van der Waals surface area contributed by atoms with Crippen LogP contribution >= 0.6 is 0 Å². The molecule has 0 aliphatic carbocycles. The monoisotopic (exact) mass is 813 g/mol. The summed E-state index contributed by atoms with van der Waals surface area (Å²) in [5.41, 5.74) is 0.432. The Hall–Kier alpha value is -2.09. The predicted molar refractivity (Wildman–Crippen MR) is 248 cm³/mol. The fourth-order valence-corrected chi connectivity index (χ4v) is 7.57. The van der Waals surface area contributed by atoms with Crippen molar-refractivity contribution in [2.75, 3.05) is 32.8 Å². The fourth-order valence-electron chi connectivity index (χ4n) is 7.57. The molecule has 0 bridgehead atoms. The SMILES string of the molecule is [B]C(=C)/C=C\N(C=O)CCCN(CCCCCCCC(=O)OCCCCCCCCC)CCCCCCCC(=O)OC(CCCCCCCC)CCCCCCCC. The molecule has 0 fully saturated rings. The first kappa shape index (κ1) is 55.9. The van der Waals surface area contributed by atoms with Gasteiger partial charge < -0.3 is 19.3 Å². The Morgan fingerprint density at radius 1 is 0.534 bits per heavy atom. The molecule has 0 rings (SSSR count). The molecule has 0 unspecified atom stereocenters. The molecule has 0 aliphatic heterocycles. The number of amides is 1. The highest BCUT2D eigenvalue weighted by Gasteiger charge is 2.14. The van der Waals surface area contributed by atoms with Gasteiger partial charge in [0.15, 0.2) is 0 Å². The molecule has 1 amide bonds. The maximum atomic E-state index is 12.8. The van der Waals surface area contributed by atoms with E-state index in [1.807, 2.05) is 0 Å². The van der Waals surface area contributed by atoms with Crippen LogP contribution < -0.4 is 0 Å². The van der Waals surface area contributed by atoms with E-state index in [2.05, 4.69) is 32.3 Å². The number of rotatable bonds is 46. The highest BCUT2D eigenvalue weighted by Crippen LogP contribution is 2.19. The molecule has 0 aromatic heterocycles. The van der Waals surface area contributed by atoms with Crippen molar-refractivity contribution < 1.29 is 23.9 Å². The maximum absolute atomic E-state index is 12.8. The quantitative estimate of drug-likeness (QED) is 0.0200. The molecule has 0 aromatic carbocycles. The number of unbranched alkanes of at least 4 members (excludes halogenated alkanes) is 24. The van der Waals surface area contributed by atoms with Crippen LogP contribution in [0.4, 0.5) is 0 Å². The number of hydrogen-bond acceptors (Lipinski definition) is 6. The number of hydrogen-bond donors (Lipinski definition) is 0. The first-order valence-electron chi connectivity index (χ1n) is 24.8. The summed E-state index contributed by atoms with van der Waals surface area (Å²) in [5, 5.41) is 0. The first-order chi connectivity index (χ1) is 28.4. The summed E-state index contributed by atoms with van der Waals surface area (Å²) in [6, 6.07) is 0. The molecule has 0 aliphatic rings. The third-order valence-electron chi connectivity index (χ3n) is 11.3. The molecule has 336 valence electrons. The lowest BCUT2D eigenvalue weighted by molar-refractivity contribution is -0.150. The van der Waals surface area contributed by atoms with E-state index in [4.69, 9.17) is 17.3 Å². The van der Waals surface area contributed by atoms with Gasteiger partial charge in [0, 0.05) is 25.6 Å². The van der Waals surface area contributed by atoms with Gasteiger partial charge >= 0.3 is 11.9 Å². The number of carbonyl (C=O) groups excluding carboxylic acids is 3. The zero-order chi connectivity index (χ0) is 42.6. The summed E-state index contributed by atoms with van der Waals surface area (Å²) in [5.74, 6) is -0.0415. The number of ether oxygens (including phenoxy) is 2. The van der Waals surface area contributed by atoms with Gasteiger partial charge in [0.2, 0.25) is 6.41 Å². The van der Waals surface area contributed by atoms with Gasteiger partial charge in [-0.1, -0.05) is 168 Å². The summed E-state index contributed by atoms with van der Waals surface area (Å²) in [6.07, 6.45) is 42.9. The van der Waals surface area contributed by atoms with Crippen LogP contribution in [0, 0.1) is 0 Å². The molecular weight excluding hydrogens is 719 g/mol. The van der Waals surface area contributed by atoms with Crippen LogP contribution in [-0.4, -0.2) is 74.9 Å². The Bertz CT molecular complexity index is 960. The second kappa shape index (κ2) is 44.5. The zero-order valence-corrected chi connectivity index (χ0v) is 38.6. The van der Waals surface area contributed by atoms with Gasteiger partial charge in [-0.3, -0.25) is 14.4 Å². The largest absolute Gasteiger partial charge is 0.466 e. The van der Waals surface area contributed by atoms with E-state index in [9.17, 15) is 14.4 Å². The highest BCUT2D eigenvalue weighted by molar-refractivity contribution is 6.23. The summed E-state index contributed by atoms with van der Waals surface area (Å²) in [4.78, 5) is 40.7. The van der Waals surface area contributed by atoms with Crippen molar-refractivity contribution in [3.05, 3.63) is 24.3 Å². The van der Waals surface area contributed by atoms with E-state index in [0.29, 0.717) is 31.5 Å². The van der Waals surface area contributed by atoms with E-state index < -0.39 is 0 Å². The van der Waals surface area contributed by atoms with Crippen molar-refractivity contribution in [2.45, 2.75) is 245 Å². The summed E-state index contributed by atoms with van der Waals surface area (Å²) >= 11 is 0. The molecule has 0 heterocycles. The van der Waals surface area contributed by atoms with Crippen LogP contribution in [0.5, 0.6) is 0 Å². The zero-order valence-electron chi connectivity index (χ0n) is 38.6. The van der Waals surface area contributed by atoms with Crippen molar-refractivity contribution in [3.63, 3.8) is 0 Å². The van der Waals surface area contributed by atoms with Gasteiger partial charge in [0.05, 0.1) is 6.61 Å². The van der Waals surface area contributed by atoms with Crippen LogP contribution in [0.1, 0.15) is 239 Å². The van der Waals surface area contributed by atoms with Crippen molar-refractivity contribution in [1.29, 1.82) is 0 Å². The molecule has 7 nitrogen and oxygen atoms in total. The number of allylic oxidation sites excluding steroid dienone is 2. The lowest BCUT2D eigenvalue weighted by Gasteiger charge is -2.23. The van der Waals surface area contributed by atoms with Crippen molar-refractivity contribution in [2.24, 2.45) is 0 Å². The normalized spacial score (nSPS) is 11.5. The minimum absolute atomic E-state index is 0.00173. The third-order valence-corrected chi connectivity index (χ3v) is 11.3. The Kier molecular flexibility index (Phi) is 42.9. The molecular formula is C50H93BN2O5. The van der Waals surface area contributed by atoms with E-state index in [1.165, 1.54) is 109 Å². The van der Waals surface area contributed by atoms with Crippen LogP contribution in [-0.2, 0) is 23.9 Å². The Balaban J connectivity index is 4.50. The predicted octanol–water partition coefficient (Wildman–Crippen LogP) is 13.7. The van der Waals surface area contributed by atoms with Crippen molar-refractivity contribution >= 4 is 26.2 Å². The summed E-state index contributed by atoms with van der Waals surface area (Å²) in [7, 11) is 5.65. The van der Waals surface area contributed by atoms with Gasteiger partial charge in [-0.2, -0.15) is 0 Å². The Morgan fingerprint density at radius 3 is 1.43 bits per heavy atom.